The number of fused-ring (bicyclic) bond motifs is 1. The zero-order valence-electron chi connectivity index (χ0n) is 15.4. The molecule has 2 heterocycles. The Kier molecular flexibility index (Phi) is 5.07. The molecule has 3 amide bonds. The van der Waals surface area contributed by atoms with Crippen LogP contribution in [0.25, 0.3) is 0 Å². The van der Waals surface area contributed by atoms with Crippen LogP contribution in [0.3, 0.4) is 0 Å². The number of hydrogen-bond donors (Lipinski definition) is 0. The average Bonchev–Trinajstić information content (AvgIpc) is 2.94. The van der Waals surface area contributed by atoms with E-state index in [0.717, 1.165) is 19.6 Å². The number of benzene rings is 1. The average molecular weight is 367 g/mol. The Morgan fingerprint density at radius 3 is 2.07 bits per heavy atom. The van der Waals surface area contributed by atoms with Gasteiger partial charge in [0.2, 0.25) is 17.7 Å². The van der Waals surface area contributed by atoms with Gasteiger partial charge in [0.15, 0.2) is 0 Å². The Labute approximate surface area is 159 Å². The third-order valence-corrected chi connectivity index (χ3v) is 5.87. The predicted octanol–water partition coefficient (Wildman–Crippen LogP) is 1.28. The van der Waals surface area contributed by atoms with Gasteiger partial charge in [-0.3, -0.25) is 24.2 Å². The second-order valence-electron chi connectivity index (χ2n) is 7.56. The molecule has 4 rings (SSSR count). The molecule has 27 heavy (non-hydrogen) atoms. The smallest absolute Gasteiger partial charge is 0.242 e. The second-order valence-corrected chi connectivity index (χ2v) is 7.56. The molecule has 2 atom stereocenters. The summed E-state index contributed by atoms with van der Waals surface area (Å²) in [6, 6.07) is 10.3. The molecule has 6 nitrogen and oxygen atoms in total. The van der Waals surface area contributed by atoms with Crippen molar-refractivity contribution < 1.29 is 14.4 Å². The minimum absolute atomic E-state index is 0.108. The largest absolute Gasteiger partial charge is 0.339 e. The summed E-state index contributed by atoms with van der Waals surface area (Å²) >= 11 is 0. The van der Waals surface area contributed by atoms with E-state index in [1.807, 2.05) is 30.4 Å². The van der Waals surface area contributed by atoms with Crippen molar-refractivity contribution >= 4 is 17.7 Å². The molecule has 2 aliphatic heterocycles. The van der Waals surface area contributed by atoms with Gasteiger partial charge in [0.25, 0.3) is 0 Å². The lowest BCUT2D eigenvalue weighted by molar-refractivity contribution is -0.147. The summed E-state index contributed by atoms with van der Waals surface area (Å²) < 4.78 is 0. The van der Waals surface area contributed by atoms with Gasteiger partial charge in [-0.1, -0.05) is 42.5 Å². The summed E-state index contributed by atoms with van der Waals surface area (Å²) in [7, 11) is 0. The van der Waals surface area contributed by atoms with Crippen molar-refractivity contribution in [2.24, 2.45) is 11.8 Å². The number of amides is 3. The van der Waals surface area contributed by atoms with Crippen LogP contribution in [0.2, 0.25) is 0 Å². The third-order valence-electron chi connectivity index (χ3n) is 5.87. The molecule has 6 heteroatoms. The van der Waals surface area contributed by atoms with E-state index < -0.39 is 0 Å². The monoisotopic (exact) mass is 367 g/mol. The highest BCUT2D eigenvalue weighted by molar-refractivity contribution is 6.07. The van der Waals surface area contributed by atoms with Gasteiger partial charge in [0.1, 0.15) is 6.54 Å². The van der Waals surface area contributed by atoms with Crippen LogP contribution < -0.4 is 0 Å². The first kappa shape index (κ1) is 17.9. The van der Waals surface area contributed by atoms with Gasteiger partial charge in [0.05, 0.1) is 11.8 Å². The SMILES string of the molecule is O=C(CN1C(=O)C2CC=CCC2C1=O)N1CCN(Cc2ccccc2)CC1. The number of imide groups is 1. The number of hydrogen-bond acceptors (Lipinski definition) is 4. The summed E-state index contributed by atoms with van der Waals surface area (Å²) in [4.78, 5) is 43.0. The lowest BCUT2D eigenvalue weighted by Gasteiger charge is -2.35. The first-order valence-electron chi connectivity index (χ1n) is 9.68. The molecule has 0 spiro atoms. The minimum Gasteiger partial charge on any atom is -0.339 e. The maximum atomic E-state index is 12.7. The van der Waals surface area contributed by atoms with Crippen molar-refractivity contribution in [1.82, 2.24) is 14.7 Å². The maximum absolute atomic E-state index is 12.7. The Morgan fingerprint density at radius 2 is 1.48 bits per heavy atom. The van der Waals surface area contributed by atoms with Crippen LogP contribution in [-0.2, 0) is 20.9 Å². The van der Waals surface area contributed by atoms with Crippen LogP contribution in [0, 0.1) is 11.8 Å². The van der Waals surface area contributed by atoms with Crippen LogP contribution in [0.5, 0.6) is 0 Å². The zero-order valence-corrected chi connectivity index (χ0v) is 15.4. The second kappa shape index (κ2) is 7.64. The molecule has 2 unspecified atom stereocenters. The Balaban J connectivity index is 1.30. The highest BCUT2D eigenvalue weighted by atomic mass is 16.2. The first-order valence-corrected chi connectivity index (χ1v) is 9.68. The minimum atomic E-state index is -0.266. The molecule has 2 saturated heterocycles. The van der Waals surface area contributed by atoms with Gasteiger partial charge in [-0.2, -0.15) is 0 Å². The fourth-order valence-electron chi connectivity index (χ4n) is 4.26. The maximum Gasteiger partial charge on any atom is 0.242 e. The van der Waals surface area contributed by atoms with Crippen molar-refractivity contribution in [3.05, 3.63) is 48.0 Å². The summed E-state index contributed by atoms with van der Waals surface area (Å²) in [6.45, 7) is 3.65. The molecule has 0 aromatic heterocycles. The molecular weight excluding hydrogens is 342 g/mol. The fourth-order valence-corrected chi connectivity index (χ4v) is 4.26. The standard InChI is InChI=1S/C21H25N3O3/c25-19(15-24-20(26)17-8-4-5-9-18(17)21(24)27)23-12-10-22(11-13-23)14-16-6-2-1-3-7-16/h1-7,17-18H,8-15H2. The van der Waals surface area contributed by atoms with E-state index in [2.05, 4.69) is 17.0 Å². The molecule has 142 valence electrons. The summed E-state index contributed by atoms with van der Waals surface area (Å²) in [5.41, 5.74) is 1.27. The number of nitrogens with zero attached hydrogens (tertiary/aromatic N) is 3. The van der Waals surface area contributed by atoms with Gasteiger partial charge >= 0.3 is 0 Å². The molecule has 1 aliphatic carbocycles. The van der Waals surface area contributed by atoms with Crippen molar-refractivity contribution in [3.63, 3.8) is 0 Å². The molecule has 1 aromatic carbocycles. The zero-order chi connectivity index (χ0) is 18.8. The van der Waals surface area contributed by atoms with E-state index in [0.29, 0.717) is 25.9 Å². The molecule has 0 N–H and O–H groups in total. The topological polar surface area (TPSA) is 60.9 Å². The number of likely N-dealkylation sites (tertiary alicyclic amines) is 1. The molecule has 0 bridgehead atoms. The van der Waals surface area contributed by atoms with E-state index in [9.17, 15) is 14.4 Å². The van der Waals surface area contributed by atoms with Gasteiger partial charge in [-0.05, 0) is 18.4 Å². The molecule has 2 fully saturated rings. The number of allylic oxidation sites excluding steroid dienone is 2. The van der Waals surface area contributed by atoms with E-state index in [-0.39, 0.29) is 36.1 Å². The quantitative estimate of drug-likeness (QED) is 0.594. The number of carbonyl (C=O) groups is 3. The van der Waals surface area contributed by atoms with Gasteiger partial charge < -0.3 is 4.90 Å². The van der Waals surface area contributed by atoms with E-state index in [4.69, 9.17) is 0 Å². The molecule has 0 radical (unpaired) electrons. The lowest BCUT2D eigenvalue weighted by Crippen LogP contribution is -2.51. The van der Waals surface area contributed by atoms with Gasteiger partial charge in [-0.25, -0.2) is 0 Å². The number of piperazine rings is 1. The van der Waals surface area contributed by atoms with E-state index >= 15 is 0 Å². The van der Waals surface area contributed by atoms with Crippen LogP contribution in [0.4, 0.5) is 0 Å². The Hall–Kier alpha value is -2.47. The van der Waals surface area contributed by atoms with E-state index in [1.54, 1.807) is 4.90 Å². The molecule has 1 aromatic rings. The summed E-state index contributed by atoms with van der Waals surface area (Å²) in [5.74, 6) is -1.01. The van der Waals surface area contributed by atoms with Crippen LogP contribution in [0.15, 0.2) is 42.5 Å². The highest BCUT2D eigenvalue weighted by Crippen LogP contribution is 2.34. The molecule has 0 saturated carbocycles. The fraction of sp³-hybridized carbons (Fsp3) is 0.476. The van der Waals surface area contributed by atoms with Crippen molar-refractivity contribution in [2.45, 2.75) is 19.4 Å². The van der Waals surface area contributed by atoms with Gasteiger partial charge in [-0.15, -0.1) is 0 Å². The molecule has 3 aliphatic rings. The van der Waals surface area contributed by atoms with Crippen molar-refractivity contribution in [2.75, 3.05) is 32.7 Å². The third kappa shape index (κ3) is 3.67. The lowest BCUT2D eigenvalue weighted by atomic mass is 9.85. The van der Waals surface area contributed by atoms with Crippen LogP contribution in [0.1, 0.15) is 18.4 Å². The van der Waals surface area contributed by atoms with E-state index in [1.165, 1.54) is 10.5 Å². The van der Waals surface area contributed by atoms with Crippen LogP contribution >= 0.6 is 0 Å². The highest BCUT2D eigenvalue weighted by Gasteiger charge is 2.47. The Bertz CT molecular complexity index is 727. The summed E-state index contributed by atoms with van der Waals surface area (Å²) in [5, 5.41) is 0. The summed E-state index contributed by atoms with van der Waals surface area (Å²) in [6.07, 6.45) is 5.14. The molecular formula is C21H25N3O3. The van der Waals surface area contributed by atoms with Crippen molar-refractivity contribution in [3.8, 4) is 0 Å². The van der Waals surface area contributed by atoms with Crippen LogP contribution in [-0.4, -0.2) is 65.1 Å². The predicted molar refractivity (Wildman–Crippen MR) is 100 cm³/mol. The normalized spacial score (nSPS) is 25.8. The number of carbonyl (C=O) groups excluding carboxylic acids is 3. The Morgan fingerprint density at radius 1 is 0.889 bits per heavy atom. The first-order chi connectivity index (χ1) is 13.1. The number of rotatable bonds is 4. The van der Waals surface area contributed by atoms with Gasteiger partial charge in [0, 0.05) is 32.7 Å². The van der Waals surface area contributed by atoms with Crippen molar-refractivity contribution in [1.29, 1.82) is 0 Å².